The minimum absolute atomic E-state index is 0.0664. The van der Waals surface area contributed by atoms with Gasteiger partial charge in [-0.25, -0.2) is 4.98 Å². The Hall–Kier alpha value is -1.91. The van der Waals surface area contributed by atoms with Crippen LogP contribution in [0, 0.1) is 10.5 Å². The standard InChI is InChI=1S/C14H9F3IN3O2/c1-7-20-21-13(23-7)6-22-11-5-12(14(15,16)17)19-10-3-2-8(18)4-9(10)11/h2-5H,6H2,1H3. The zero-order valence-corrected chi connectivity index (χ0v) is 13.8. The number of ether oxygens (including phenoxy) is 1. The molecular formula is C14H9F3IN3O2. The number of benzene rings is 1. The lowest BCUT2D eigenvalue weighted by atomic mass is 10.2. The quantitative estimate of drug-likeness (QED) is 0.580. The molecule has 3 aromatic rings. The molecule has 5 nitrogen and oxygen atoms in total. The van der Waals surface area contributed by atoms with Crippen LogP contribution in [0.3, 0.4) is 0 Å². The number of hydrogen-bond acceptors (Lipinski definition) is 5. The first-order chi connectivity index (χ1) is 10.8. The maximum atomic E-state index is 13.0. The molecule has 0 aliphatic rings. The van der Waals surface area contributed by atoms with Gasteiger partial charge in [0.2, 0.25) is 5.89 Å². The van der Waals surface area contributed by atoms with E-state index < -0.39 is 11.9 Å². The number of fused-ring (bicyclic) bond motifs is 1. The average molecular weight is 435 g/mol. The van der Waals surface area contributed by atoms with Crippen LogP contribution >= 0.6 is 22.6 Å². The summed E-state index contributed by atoms with van der Waals surface area (Å²) in [6.45, 7) is 1.49. The minimum Gasteiger partial charge on any atom is -0.483 e. The van der Waals surface area contributed by atoms with E-state index in [9.17, 15) is 13.2 Å². The zero-order valence-electron chi connectivity index (χ0n) is 11.7. The Morgan fingerprint density at radius 3 is 2.65 bits per heavy atom. The molecule has 23 heavy (non-hydrogen) atoms. The maximum Gasteiger partial charge on any atom is 0.433 e. The molecule has 9 heteroatoms. The van der Waals surface area contributed by atoms with Gasteiger partial charge in [-0.15, -0.1) is 10.2 Å². The molecule has 0 radical (unpaired) electrons. The van der Waals surface area contributed by atoms with E-state index in [0.717, 1.165) is 9.64 Å². The highest BCUT2D eigenvalue weighted by Crippen LogP contribution is 2.35. The Balaban J connectivity index is 2.03. The van der Waals surface area contributed by atoms with E-state index in [-0.39, 0.29) is 23.8 Å². The van der Waals surface area contributed by atoms with Crippen molar-refractivity contribution < 1.29 is 22.3 Å². The Morgan fingerprint density at radius 1 is 1.22 bits per heavy atom. The van der Waals surface area contributed by atoms with Crippen LogP contribution in [0.1, 0.15) is 17.5 Å². The van der Waals surface area contributed by atoms with Gasteiger partial charge in [-0.05, 0) is 40.8 Å². The summed E-state index contributed by atoms with van der Waals surface area (Å²) in [5.74, 6) is 0.608. The SMILES string of the molecule is Cc1nnc(COc2cc(C(F)(F)F)nc3ccc(I)cc23)o1. The van der Waals surface area contributed by atoms with Gasteiger partial charge in [0.05, 0.1) is 5.52 Å². The second kappa shape index (κ2) is 5.95. The van der Waals surface area contributed by atoms with E-state index in [1.807, 2.05) is 0 Å². The van der Waals surface area contributed by atoms with Crippen molar-refractivity contribution in [3.05, 3.63) is 45.3 Å². The average Bonchev–Trinajstić information content (AvgIpc) is 2.89. The number of aromatic nitrogens is 3. The van der Waals surface area contributed by atoms with Gasteiger partial charge in [0.1, 0.15) is 11.4 Å². The smallest absolute Gasteiger partial charge is 0.433 e. The van der Waals surface area contributed by atoms with Crippen molar-refractivity contribution in [2.24, 2.45) is 0 Å². The second-order valence-corrected chi connectivity index (χ2v) is 5.91. The zero-order chi connectivity index (χ0) is 16.6. The Labute approximate surface area is 142 Å². The molecule has 0 aliphatic carbocycles. The summed E-state index contributed by atoms with van der Waals surface area (Å²) >= 11 is 2.07. The summed E-state index contributed by atoms with van der Waals surface area (Å²) in [4.78, 5) is 3.65. The first-order valence-corrected chi connectivity index (χ1v) is 7.50. The van der Waals surface area contributed by atoms with Gasteiger partial charge in [-0.3, -0.25) is 0 Å². The van der Waals surface area contributed by atoms with Crippen LogP contribution in [0.15, 0.2) is 28.7 Å². The largest absolute Gasteiger partial charge is 0.483 e. The predicted molar refractivity (Wildman–Crippen MR) is 82.8 cm³/mol. The topological polar surface area (TPSA) is 61.0 Å². The molecule has 0 atom stereocenters. The lowest BCUT2D eigenvalue weighted by molar-refractivity contribution is -0.141. The van der Waals surface area contributed by atoms with Crippen molar-refractivity contribution in [2.45, 2.75) is 19.7 Å². The van der Waals surface area contributed by atoms with E-state index in [0.29, 0.717) is 11.3 Å². The molecule has 2 aromatic heterocycles. The number of alkyl halides is 3. The fourth-order valence-corrected chi connectivity index (χ4v) is 2.46. The number of rotatable bonds is 3. The summed E-state index contributed by atoms with van der Waals surface area (Å²) in [6, 6.07) is 5.79. The van der Waals surface area contributed by atoms with E-state index in [2.05, 4.69) is 37.8 Å². The molecule has 0 N–H and O–H groups in total. The summed E-state index contributed by atoms with van der Waals surface area (Å²) in [6.07, 6.45) is -4.56. The lowest BCUT2D eigenvalue weighted by Crippen LogP contribution is -2.09. The Bertz CT molecular complexity index is 864. The lowest BCUT2D eigenvalue weighted by Gasteiger charge is -2.12. The van der Waals surface area contributed by atoms with E-state index in [1.54, 1.807) is 19.1 Å². The Kier molecular flexibility index (Phi) is 4.13. The van der Waals surface area contributed by atoms with Gasteiger partial charge in [0.25, 0.3) is 5.89 Å². The molecule has 3 rings (SSSR count). The molecule has 0 saturated carbocycles. The van der Waals surface area contributed by atoms with Crippen molar-refractivity contribution in [3.8, 4) is 5.75 Å². The van der Waals surface area contributed by atoms with Crippen LogP contribution in [0.4, 0.5) is 13.2 Å². The molecule has 0 unspecified atom stereocenters. The summed E-state index contributed by atoms with van der Waals surface area (Å²) < 4.78 is 50.4. The van der Waals surface area contributed by atoms with Gasteiger partial charge in [-0.1, -0.05) is 0 Å². The Morgan fingerprint density at radius 2 is 2.00 bits per heavy atom. The van der Waals surface area contributed by atoms with Gasteiger partial charge < -0.3 is 9.15 Å². The van der Waals surface area contributed by atoms with Crippen LogP contribution in [0.2, 0.25) is 0 Å². The highest BCUT2D eigenvalue weighted by atomic mass is 127. The van der Waals surface area contributed by atoms with Gasteiger partial charge >= 0.3 is 6.18 Å². The van der Waals surface area contributed by atoms with E-state index in [1.165, 1.54) is 6.07 Å². The van der Waals surface area contributed by atoms with Gasteiger partial charge in [0.15, 0.2) is 6.61 Å². The van der Waals surface area contributed by atoms with Crippen molar-refractivity contribution in [1.82, 2.24) is 15.2 Å². The van der Waals surface area contributed by atoms with Crippen LogP contribution in [-0.4, -0.2) is 15.2 Å². The summed E-state index contributed by atoms with van der Waals surface area (Å²) in [5.41, 5.74) is -0.806. The second-order valence-electron chi connectivity index (χ2n) is 4.67. The van der Waals surface area contributed by atoms with Crippen LogP contribution in [0.5, 0.6) is 5.75 Å². The number of halogens is 4. The summed E-state index contributed by atoms with van der Waals surface area (Å²) in [7, 11) is 0. The predicted octanol–water partition coefficient (Wildman–Crippen LogP) is 4.13. The molecule has 0 bridgehead atoms. The maximum absolute atomic E-state index is 13.0. The van der Waals surface area contributed by atoms with Gasteiger partial charge in [-0.2, -0.15) is 13.2 Å². The minimum atomic E-state index is -4.56. The number of pyridine rings is 1. The fourth-order valence-electron chi connectivity index (χ4n) is 1.97. The van der Waals surface area contributed by atoms with Crippen molar-refractivity contribution in [3.63, 3.8) is 0 Å². The highest BCUT2D eigenvalue weighted by Gasteiger charge is 2.33. The number of hydrogen-bond donors (Lipinski definition) is 0. The molecular weight excluding hydrogens is 426 g/mol. The third-order valence-electron chi connectivity index (χ3n) is 2.94. The molecule has 0 amide bonds. The van der Waals surface area contributed by atoms with Crippen LogP contribution in [-0.2, 0) is 12.8 Å². The third-order valence-corrected chi connectivity index (χ3v) is 3.61. The van der Waals surface area contributed by atoms with Crippen molar-refractivity contribution >= 4 is 33.5 Å². The van der Waals surface area contributed by atoms with E-state index >= 15 is 0 Å². The summed E-state index contributed by atoms with van der Waals surface area (Å²) in [5, 5.41) is 7.88. The molecule has 120 valence electrons. The number of aryl methyl sites for hydroxylation is 1. The monoisotopic (exact) mass is 435 g/mol. The number of nitrogens with zero attached hydrogens (tertiary/aromatic N) is 3. The first kappa shape index (κ1) is 16.0. The molecule has 0 aliphatic heterocycles. The molecule has 0 spiro atoms. The normalized spacial score (nSPS) is 11.9. The molecule has 0 fully saturated rings. The highest BCUT2D eigenvalue weighted by molar-refractivity contribution is 14.1. The van der Waals surface area contributed by atoms with Crippen LogP contribution in [0.25, 0.3) is 10.9 Å². The van der Waals surface area contributed by atoms with Gasteiger partial charge in [0, 0.05) is 21.9 Å². The van der Waals surface area contributed by atoms with E-state index in [4.69, 9.17) is 9.15 Å². The van der Waals surface area contributed by atoms with Crippen molar-refractivity contribution in [1.29, 1.82) is 0 Å². The molecule has 0 saturated heterocycles. The van der Waals surface area contributed by atoms with Crippen LogP contribution < -0.4 is 4.74 Å². The van der Waals surface area contributed by atoms with Crippen molar-refractivity contribution in [2.75, 3.05) is 0 Å². The molecule has 1 aromatic carbocycles. The molecule has 2 heterocycles. The third kappa shape index (κ3) is 3.54. The first-order valence-electron chi connectivity index (χ1n) is 6.42. The fraction of sp³-hybridized carbons (Fsp3) is 0.214.